The van der Waals surface area contributed by atoms with Gasteiger partial charge in [-0.25, -0.2) is 9.78 Å². The molecular weight excluding hydrogens is 252 g/mol. The highest BCUT2D eigenvalue weighted by atomic mass is 32.1. The Hall–Kier alpha value is -1.73. The molecule has 0 bridgehead atoms. The fourth-order valence-electron chi connectivity index (χ4n) is 1.49. The predicted octanol–water partition coefficient (Wildman–Crippen LogP) is 1.14. The van der Waals surface area contributed by atoms with E-state index in [0.29, 0.717) is 6.54 Å². The van der Waals surface area contributed by atoms with Crippen molar-refractivity contribution >= 4 is 17.3 Å². The average Bonchev–Trinajstić information content (AvgIpc) is 2.93. The summed E-state index contributed by atoms with van der Waals surface area (Å²) in [7, 11) is 0. The summed E-state index contributed by atoms with van der Waals surface area (Å²) in [5, 5.41) is 18.0. The molecule has 0 atom stereocenters. The zero-order valence-corrected chi connectivity index (χ0v) is 10.8. The van der Waals surface area contributed by atoms with Crippen molar-refractivity contribution in [3.63, 3.8) is 0 Å². The van der Waals surface area contributed by atoms with Crippen molar-refractivity contribution in [1.29, 1.82) is 0 Å². The van der Waals surface area contributed by atoms with Crippen LogP contribution in [0, 0.1) is 6.92 Å². The number of carbonyl (C=O) groups is 1. The molecule has 2 rings (SSSR count). The summed E-state index contributed by atoms with van der Waals surface area (Å²) in [6, 6.07) is 0. The summed E-state index contributed by atoms with van der Waals surface area (Å²) in [6.45, 7) is 4.12. The van der Waals surface area contributed by atoms with Gasteiger partial charge in [0.25, 0.3) is 0 Å². The molecular formula is C11H14N4O2S. The molecule has 7 heteroatoms. The highest BCUT2D eigenvalue weighted by molar-refractivity contribution is 7.11. The molecule has 0 fully saturated rings. The molecule has 2 heterocycles. The lowest BCUT2D eigenvalue weighted by Crippen LogP contribution is -2.20. The van der Waals surface area contributed by atoms with Crippen LogP contribution in [-0.4, -0.2) is 32.4 Å². The molecule has 2 N–H and O–H groups in total. The molecule has 0 unspecified atom stereocenters. The van der Waals surface area contributed by atoms with Crippen molar-refractivity contribution in [3.8, 4) is 0 Å². The molecule has 18 heavy (non-hydrogen) atoms. The normalized spacial score (nSPS) is 10.7. The highest BCUT2D eigenvalue weighted by Crippen LogP contribution is 2.09. The van der Waals surface area contributed by atoms with Crippen molar-refractivity contribution in [1.82, 2.24) is 20.1 Å². The maximum Gasteiger partial charge on any atom is 0.365 e. The van der Waals surface area contributed by atoms with Crippen LogP contribution in [0.25, 0.3) is 0 Å². The Morgan fingerprint density at radius 2 is 2.44 bits per heavy atom. The number of thiazole rings is 1. The van der Waals surface area contributed by atoms with Crippen molar-refractivity contribution in [3.05, 3.63) is 34.0 Å². The molecule has 2 aromatic rings. The Morgan fingerprint density at radius 1 is 1.61 bits per heavy atom. The van der Waals surface area contributed by atoms with E-state index in [1.165, 1.54) is 0 Å². The van der Waals surface area contributed by atoms with Crippen LogP contribution < -0.4 is 5.32 Å². The Bertz CT molecular complexity index is 535. The number of hydrogen-bond donors (Lipinski definition) is 2. The summed E-state index contributed by atoms with van der Waals surface area (Å²) in [5.74, 6) is -0.974. The molecule has 0 saturated heterocycles. The topological polar surface area (TPSA) is 80.0 Å². The van der Waals surface area contributed by atoms with Crippen LogP contribution in [0.1, 0.15) is 21.1 Å². The number of nitrogens with zero attached hydrogens (tertiary/aromatic N) is 3. The second kappa shape index (κ2) is 5.74. The van der Waals surface area contributed by atoms with Gasteiger partial charge in [0.15, 0.2) is 0 Å². The van der Waals surface area contributed by atoms with Gasteiger partial charge in [0.2, 0.25) is 5.01 Å². The molecule has 0 radical (unpaired) electrons. The first-order chi connectivity index (χ1) is 8.65. The number of rotatable bonds is 6. The van der Waals surface area contributed by atoms with E-state index < -0.39 is 5.97 Å². The molecule has 0 amide bonds. The Morgan fingerprint density at radius 3 is 3.06 bits per heavy atom. The number of carboxylic acids is 1. The zero-order valence-electron chi connectivity index (χ0n) is 9.96. The van der Waals surface area contributed by atoms with Gasteiger partial charge < -0.3 is 10.4 Å². The van der Waals surface area contributed by atoms with Gasteiger partial charge in [0.05, 0.1) is 18.4 Å². The minimum absolute atomic E-state index is 0.134. The van der Waals surface area contributed by atoms with Gasteiger partial charge in [-0.05, 0) is 12.5 Å². The van der Waals surface area contributed by atoms with Crippen LogP contribution >= 0.6 is 11.3 Å². The van der Waals surface area contributed by atoms with E-state index in [9.17, 15) is 4.79 Å². The Balaban J connectivity index is 1.73. The monoisotopic (exact) mass is 266 g/mol. The van der Waals surface area contributed by atoms with Crippen LogP contribution in [0.15, 0.2) is 17.8 Å². The summed E-state index contributed by atoms with van der Waals surface area (Å²) in [5.41, 5.74) is 1.90. The van der Waals surface area contributed by atoms with Gasteiger partial charge in [-0.1, -0.05) is 0 Å². The summed E-state index contributed by atoms with van der Waals surface area (Å²) < 4.78 is 1.87. The highest BCUT2D eigenvalue weighted by Gasteiger charge is 2.08. The molecule has 0 aliphatic heterocycles. The van der Waals surface area contributed by atoms with Crippen molar-refractivity contribution < 1.29 is 9.90 Å². The number of aromatic nitrogens is 3. The quantitative estimate of drug-likeness (QED) is 0.766. The minimum atomic E-state index is -0.974. The predicted molar refractivity (Wildman–Crippen MR) is 67.7 cm³/mol. The lowest BCUT2D eigenvalue weighted by molar-refractivity contribution is 0.0696. The molecule has 0 aliphatic rings. The van der Waals surface area contributed by atoms with E-state index in [2.05, 4.69) is 15.4 Å². The van der Waals surface area contributed by atoms with Crippen LogP contribution in [0.5, 0.6) is 0 Å². The van der Waals surface area contributed by atoms with E-state index in [1.807, 2.05) is 24.0 Å². The summed E-state index contributed by atoms with van der Waals surface area (Å²) >= 11 is 1.15. The first-order valence-electron chi connectivity index (χ1n) is 5.52. The van der Waals surface area contributed by atoms with Gasteiger partial charge in [0.1, 0.15) is 0 Å². The van der Waals surface area contributed by atoms with Crippen LogP contribution in [0.4, 0.5) is 0 Å². The fourth-order valence-corrected chi connectivity index (χ4v) is 2.14. The maximum atomic E-state index is 10.6. The zero-order chi connectivity index (χ0) is 13.0. The third-order valence-electron chi connectivity index (χ3n) is 2.32. The Labute approximate surface area is 108 Å². The van der Waals surface area contributed by atoms with Gasteiger partial charge in [-0.3, -0.25) is 4.68 Å². The van der Waals surface area contributed by atoms with Gasteiger partial charge in [-0.2, -0.15) is 5.10 Å². The second-order valence-corrected chi connectivity index (χ2v) is 4.76. The van der Waals surface area contributed by atoms with E-state index in [0.717, 1.165) is 35.7 Å². The van der Waals surface area contributed by atoms with Crippen molar-refractivity contribution in [2.45, 2.75) is 20.0 Å². The van der Waals surface area contributed by atoms with E-state index >= 15 is 0 Å². The molecule has 0 aliphatic carbocycles. The minimum Gasteiger partial charge on any atom is -0.476 e. The smallest absolute Gasteiger partial charge is 0.365 e. The molecule has 0 spiro atoms. The van der Waals surface area contributed by atoms with Gasteiger partial charge >= 0.3 is 5.97 Å². The van der Waals surface area contributed by atoms with Crippen LogP contribution in [0.2, 0.25) is 0 Å². The standard InChI is InChI=1S/C11H14N4O2S/c1-8-4-13-15(6-8)3-2-12-5-9-7-18-10(14-9)11(16)17/h4,6-7,12H,2-3,5H2,1H3,(H,16,17). The lowest BCUT2D eigenvalue weighted by Gasteiger charge is -2.02. The third kappa shape index (κ3) is 3.38. The fraction of sp³-hybridized carbons (Fsp3) is 0.364. The SMILES string of the molecule is Cc1cnn(CCNCc2csc(C(=O)O)n2)c1. The largest absolute Gasteiger partial charge is 0.476 e. The number of hydrogen-bond acceptors (Lipinski definition) is 5. The third-order valence-corrected chi connectivity index (χ3v) is 3.20. The number of aryl methyl sites for hydroxylation is 1. The first kappa shape index (κ1) is 12.7. The molecule has 0 aromatic carbocycles. The maximum absolute atomic E-state index is 10.6. The van der Waals surface area contributed by atoms with E-state index in [-0.39, 0.29) is 5.01 Å². The first-order valence-corrected chi connectivity index (χ1v) is 6.40. The molecule has 96 valence electrons. The second-order valence-electron chi connectivity index (χ2n) is 3.91. The number of nitrogens with one attached hydrogen (secondary N) is 1. The van der Waals surface area contributed by atoms with Crippen molar-refractivity contribution in [2.24, 2.45) is 0 Å². The molecule has 0 saturated carbocycles. The lowest BCUT2D eigenvalue weighted by atomic mass is 10.4. The molecule has 2 aromatic heterocycles. The van der Waals surface area contributed by atoms with E-state index in [4.69, 9.17) is 5.11 Å². The van der Waals surface area contributed by atoms with Gasteiger partial charge in [0, 0.05) is 24.7 Å². The van der Waals surface area contributed by atoms with Crippen molar-refractivity contribution in [2.75, 3.05) is 6.54 Å². The summed E-state index contributed by atoms with van der Waals surface area (Å²) in [4.78, 5) is 14.6. The van der Waals surface area contributed by atoms with E-state index in [1.54, 1.807) is 5.38 Å². The number of aromatic carboxylic acids is 1. The van der Waals surface area contributed by atoms with Crippen LogP contribution in [-0.2, 0) is 13.1 Å². The van der Waals surface area contributed by atoms with Gasteiger partial charge in [-0.15, -0.1) is 11.3 Å². The Kier molecular flexibility index (Phi) is 4.06. The average molecular weight is 266 g/mol. The van der Waals surface area contributed by atoms with Crippen LogP contribution in [0.3, 0.4) is 0 Å². The molecule has 6 nitrogen and oxygen atoms in total. The number of carboxylic acid groups (broad SMARTS) is 1. The summed E-state index contributed by atoms with van der Waals surface area (Å²) in [6.07, 6.45) is 3.80.